The van der Waals surface area contributed by atoms with Crippen molar-refractivity contribution in [3.8, 4) is 0 Å². The molecule has 0 unspecified atom stereocenters. The van der Waals surface area contributed by atoms with Crippen LogP contribution in [0.3, 0.4) is 0 Å². The second kappa shape index (κ2) is 6.00. The highest BCUT2D eigenvalue weighted by atomic mass is 16.4. The van der Waals surface area contributed by atoms with Crippen LogP contribution in [0.25, 0.3) is 10.8 Å². The SMILES string of the molecule is O=C([O-])c1cc(NN=c2c(=O)c3ccccc3c2=O)cc(C(=O)[O-])c1. The Labute approximate surface area is 139 Å². The highest BCUT2D eigenvalue weighted by Gasteiger charge is 2.10. The van der Waals surface area contributed by atoms with Crippen molar-refractivity contribution in [3.63, 3.8) is 0 Å². The summed E-state index contributed by atoms with van der Waals surface area (Å²) in [6.45, 7) is 0. The van der Waals surface area contributed by atoms with Crippen LogP contribution in [0.5, 0.6) is 0 Å². The Kier molecular flexibility index (Phi) is 3.86. The van der Waals surface area contributed by atoms with Crippen molar-refractivity contribution in [2.24, 2.45) is 5.10 Å². The van der Waals surface area contributed by atoms with Gasteiger partial charge in [0.2, 0.25) is 10.9 Å². The number of hydrogen-bond donors (Lipinski definition) is 1. The van der Waals surface area contributed by atoms with Crippen LogP contribution in [0.4, 0.5) is 5.69 Å². The summed E-state index contributed by atoms with van der Waals surface area (Å²) >= 11 is 0. The van der Waals surface area contributed by atoms with Gasteiger partial charge in [0.15, 0.2) is 5.36 Å². The zero-order valence-electron chi connectivity index (χ0n) is 12.4. The number of nitrogens with zero attached hydrogens (tertiary/aromatic N) is 1. The molecule has 0 aliphatic heterocycles. The number of carbonyl (C=O) groups excluding carboxylic acids is 2. The summed E-state index contributed by atoms with van der Waals surface area (Å²) in [5, 5.41) is 25.7. The van der Waals surface area contributed by atoms with Crippen molar-refractivity contribution in [1.82, 2.24) is 0 Å². The first-order valence-corrected chi connectivity index (χ1v) is 6.98. The van der Waals surface area contributed by atoms with E-state index in [0.717, 1.165) is 18.2 Å². The third kappa shape index (κ3) is 2.88. The van der Waals surface area contributed by atoms with Crippen molar-refractivity contribution < 1.29 is 19.8 Å². The van der Waals surface area contributed by atoms with E-state index in [2.05, 4.69) is 10.5 Å². The summed E-state index contributed by atoms with van der Waals surface area (Å²) < 4.78 is 0. The molecule has 0 saturated carbocycles. The number of rotatable bonds is 4. The molecule has 0 saturated heterocycles. The summed E-state index contributed by atoms with van der Waals surface area (Å²) in [6, 6.07) is 9.17. The molecule has 25 heavy (non-hydrogen) atoms. The van der Waals surface area contributed by atoms with Crippen LogP contribution in [0.15, 0.2) is 57.2 Å². The average molecular weight is 336 g/mol. The van der Waals surface area contributed by atoms with E-state index in [4.69, 9.17) is 0 Å². The Bertz CT molecular complexity index is 1090. The van der Waals surface area contributed by atoms with E-state index in [1.807, 2.05) is 0 Å². The molecule has 3 rings (SSSR count). The summed E-state index contributed by atoms with van der Waals surface area (Å²) in [7, 11) is 0. The van der Waals surface area contributed by atoms with Gasteiger partial charge in [0.1, 0.15) is 0 Å². The van der Waals surface area contributed by atoms with Gasteiger partial charge in [-0.05, 0) is 29.3 Å². The van der Waals surface area contributed by atoms with Crippen molar-refractivity contribution in [3.05, 3.63) is 79.4 Å². The summed E-state index contributed by atoms with van der Waals surface area (Å²) in [4.78, 5) is 46.2. The second-order valence-corrected chi connectivity index (χ2v) is 5.15. The van der Waals surface area contributed by atoms with E-state index >= 15 is 0 Å². The quantitative estimate of drug-likeness (QED) is 0.548. The van der Waals surface area contributed by atoms with E-state index in [-0.39, 0.29) is 21.8 Å². The first-order valence-electron chi connectivity index (χ1n) is 6.98. The molecular formula is C17H8N2O6-2. The van der Waals surface area contributed by atoms with Crippen LogP contribution in [-0.4, -0.2) is 11.9 Å². The molecule has 0 aliphatic rings. The summed E-state index contributed by atoms with van der Waals surface area (Å²) in [6.07, 6.45) is 0. The van der Waals surface area contributed by atoms with Gasteiger partial charge >= 0.3 is 0 Å². The number of carboxylic acids is 2. The summed E-state index contributed by atoms with van der Waals surface area (Å²) in [5.41, 5.74) is 0.288. The van der Waals surface area contributed by atoms with Gasteiger partial charge in [-0.3, -0.25) is 15.0 Å². The van der Waals surface area contributed by atoms with Gasteiger partial charge in [-0.2, -0.15) is 5.10 Å². The normalized spacial score (nSPS) is 10.6. The van der Waals surface area contributed by atoms with E-state index in [0.29, 0.717) is 0 Å². The van der Waals surface area contributed by atoms with Crippen LogP contribution in [0.1, 0.15) is 20.7 Å². The molecule has 0 spiro atoms. The zero-order valence-corrected chi connectivity index (χ0v) is 12.4. The lowest BCUT2D eigenvalue weighted by Gasteiger charge is -2.10. The number of hydrogen-bond acceptors (Lipinski definition) is 8. The van der Waals surface area contributed by atoms with Crippen LogP contribution in [0, 0.1) is 0 Å². The lowest BCUT2D eigenvalue weighted by molar-refractivity contribution is -0.255. The highest BCUT2D eigenvalue weighted by molar-refractivity contribution is 5.93. The summed E-state index contributed by atoms with van der Waals surface area (Å²) in [5.74, 6) is -3.20. The van der Waals surface area contributed by atoms with Gasteiger partial charge in [-0.1, -0.05) is 24.3 Å². The van der Waals surface area contributed by atoms with Gasteiger partial charge < -0.3 is 19.8 Å². The molecule has 0 heterocycles. The number of fused-ring (bicyclic) bond motifs is 1. The lowest BCUT2D eigenvalue weighted by atomic mass is 10.1. The molecule has 0 amide bonds. The molecule has 124 valence electrons. The highest BCUT2D eigenvalue weighted by Crippen LogP contribution is 2.14. The van der Waals surface area contributed by atoms with Crippen molar-refractivity contribution in [2.45, 2.75) is 0 Å². The molecule has 8 heteroatoms. The maximum absolute atomic E-state index is 12.2. The largest absolute Gasteiger partial charge is 0.545 e. The molecule has 3 aromatic carbocycles. The molecule has 0 atom stereocenters. The lowest BCUT2D eigenvalue weighted by Crippen LogP contribution is -2.32. The van der Waals surface area contributed by atoms with Crippen LogP contribution >= 0.6 is 0 Å². The molecule has 0 bridgehead atoms. The van der Waals surface area contributed by atoms with Crippen molar-refractivity contribution in [1.29, 1.82) is 0 Å². The number of carboxylic acid groups (broad SMARTS) is 2. The number of carbonyl (C=O) groups is 2. The third-order valence-corrected chi connectivity index (χ3v) is 3.55. The number of nitrogens with one attached hydrogen (secondary N) is 1. The molecule has 1 N–H and O–H groups in total. The van der Waals surface area contributed by atoms with Gasteiger partial charge in [0.05, 0.1) is 17.6 Å². The molecule has 0 aliphatic carbocycles. The van der Waals surface area contributed by atoms with Crippen LogP contribution in [-0.2, 0) is 0 Å². The number of anilines is 1. The first kappa shape index (κ1) is 16.1. The van der Waals surface area contributed by atoms with E-state index in [1.165, 1.54) is 12.1 Å². The van der Waals surface area contributed by atoms with Gasteiger partial charge in [0, 0.05) is 10.8 Å². The average Bonchev–Trinajstić information content (AvgIpc) is 2.84. The van der Waals surface area contributed by atoms with E-state index in [9.17, 15) is 29.4 Å². The minimum atomic E-state index is -1.60. The van der Waals surface area contributed by atoms with E-state index < -0.39 is 33.9 Å². The minimum absolute atomic E-state index is 0.0510. The molecule has 0 fully saturated rings. The zero-order chi connectivity index (χ0) is 18.1. The molecule has 0 radical (unpaired) electrons. The fourth-order valence-corrected chi connectivity index (χ4v) is 2.39. The van der Waals surface area contributed by atoms with Crippen LogP contribution < -0.4 is 31.9 Å². The molecule has 0 aromatic heterocycles. The van der Waals surface area contributed by atoms with E-state index in [1.54, 1.807) is 12.1 Å². The molecule has 3 aromatic rings. The minimum Gasteiger partial charge on any atom is -0.545 e. The third-order valence-electron chi connectivity index (χ3n) is 3.55. The molecular weight excluding hydrogens is 328 g/mol. The Morgan fingerprint density at radius 3 is 1.76 bits per heavy atom. The Balaban J connectivity index is 2.11. The smallest absolute Gasteiger partial charge is 0.217 e. The predicted molar refractivity (Wildman–Crippen MR) is 83.1 cm³/mol. The Morgan fingerprint density at radius 1 is 0.840 bits per heavy atom. The van der Waals surface area contributed by atoms with Gasteiger partial charge in [-0.25, -0.2) is 0 Å². The predicted octanol–water partition coefficient (Wildman–Crippen LogP) is -1.91. The molecule has 8 nitrogen and oxygen atoms in total. The number of benzene rings is 2. The van der Waals surface area contributed by atoms with Gasteiger partial charge in [0.25, 0.3) is 0 Å². The maximum atomic E-state index is 12.2. The standard InChI is InChI=1S/C17H10N2O6/c20-14-11-3-1-2-4-12(11)15(21)13(14)19-18-10-6-8(16(22)23)5-9(7-10)17(24)25/h1-7,18H,(H,22,23)(H,24,25)/p-2. The fraction of sp³-hybridized carbons (Fsp3) is 0. The topological polar surface area (TPSA) is 139 Å². The Hall–Kier alpha value is -3.81. The fourth-order valence-electron chi connectivity index (χ4n) is 2.39. The first-order chi connectivity index (χ1) is 11.9. The van der Waals surface area contributed by atoms with Crippen molar-refractivity contribution >= 4 is 28.4 Å². The van der Waals surface area contributed by atoms with Crippen LogP contribution in [0.2, 0.25) is 0 Å². The number of aromatic carboxylic acids is 2. The Morgan fingerprint density at radius 2 is 1.32 bits per heavy atom. The van der Waals surface area contributed by atoms with Crippen molar-refractivity contribution in [2.75, 3.05) is 5.43 Å². The monoisotopic (exact) mass is 336 g/mol. The maximum Gasteiger partial charge on any atom is 0.217 e. The second-order valence-electron chi connectivity index (χ2n) is 5.15. The van der Waals surface area contributed by atoms with Gasteiger partial charge in [-0.15, -0.1) is 0 Å².